The number of piperazine rings is 1. The van der Waals surface area contributed by atoms with Gasteiger partial charge in [0.25, 0.3) is 0 Å². The van der Waals surface area contributed by atoms with Crippen molar-refractivity contribution in [2.45, 2.75) is 83.2 Å². The molecule has 0 saturated carbocycles. The van der Waals surface area contributed by atoms with Crippen molar-refractivity contribution in [1.29, 1.82) is 0 Å². The lowest BCUT2D eigenvalue weighted by Crippen LogP contribution is -2.51. The average Bonchev–Trinajstić information content (AvgIpc) is 3.40. The van der Waals surface area contributed by atoms with Gasteiger partial charge >= 0.3 is 6.01 Å². The molecular formula is C24H37FN6O. The second kappa shape index (κ2) is 8.45. The highest BCUT2D eigenvalue weighted by molar-refractivity contribution is 5.91. The van der Waals surface area contributed by atoms with E-state index in [-0.39, 0.29) is 5.54 Å². The number of hydrogen-bond donors (Lipinski definition) is 1. The number of nitrogens with zero attached hydrogens (tertiary/aromatic N) is 5. The number of likely N-dealkylation sites (tertiary alicyclic amines) is 1. The Balaban J connectivity index is 1.49. The molecule has 5 rings (SSSR count). The molecule has 2 aromatic heterocycles. The standard InChI is InChI=1S/C24H37FN6O/c1-5-30-12-16(2)20-21(30)27-23(28-22(20)31-13-18-7-8-19(14-31)26-18)32-15-24(11-17(3)25)9-6-10-29(24)4/h12,17-19,26H,5-11,13-15H2,1-4H3/t17-,18?,19?,24-/m0/s1. The van der Waals surface area contributed by atoms with E-state index in [1.54, 1.807) is 6.92 Å². The molecule has 32 heavy (non-hydrogen) atoms. The third-order valence-electron chi connectivity index (χ3n) is 7.80. The number of likely N-dealkylation sites (N-methyl/N-ethyl adjacent to an activating group) is 1. The predicted octanol–water partition coefficient (Wildman–Crippen LogP) is 3.29. The van der Waals surface area contributed by atoms with Crippen LogP contribution in [0, 0.1) is 6.92 Å². The van der Waals surface area contributed by atoms with Gasteiger partial charge in [-0.05, 0) is 72.0 Å². The maximum Gasteiger partial charge on any atom is 0.320 e. The van der Waals surface area contributed by atoms with Crippen LogP contribution in [0.25, 0.3) is 11.0 Å². The molecule has 3 saturated heterocycles. The first kappa shape index (κ1) is 21.9. The fraction of sp³-hybridized carbons (Fsp3) is 0.750. The van der Waals surface area contributed by atoms with E-state index in [1.165, 1.54) is 18.4 Å². The molecule has 2 unspecified atom stereocenters. The van der Waals surface area contributed by atoms with Crippen molar-refractivity contribution in [3.63, 3.8) is 0 Å². The maximum absolute atomic E-state index is 14.1. The van der Waals surface area contributed by atoms with E-state index < -0.39 is 6.17 Å². The van der Waals surface area contributed by atoms with Gasteiger partial charge in [-0.2, -0.15) is 9.97 Å². The van der Waals surface area contributed by atoms with Crippen molar-refractivity contribution in [2.75, 3.05) is 38.2 Å². The number of rotatable bonds is 7. The van der Waals surface area contributed by atoms with Gasteiger partial charge in [-0.15, -0.1) is 0 Å². The Labute approximate surface area is 190 Å². The lowest BCUT2D eigenvalue weighted by atomic mass is 9.91. The van der Waals surface area contributed by atoms with E-state index in [1.807, 2.05) is 0 Å². The molecule has 7 nitrogen and oxygen atoms in total. The minimum atomic E-state index is -0.866. The summed E-state index contributed by atoms with van der Waals surface area (Å²) < 4.78 is 22.5. The Bertz CT molecular complexity index is 965. The lowest BCUT2D eigenvalue weighted by Gasteiger charge is -2.36. The molecule has 1 N–H and O–H groups in total. The lowest BCUT2D eigenvalue weighted by molar-refractivity contribution is 0.0626. The topological polar surface area (TPSA) is 58.5 Å². The van der Waals surface area contributed by atoms with Crippen LogP contribution in [-0.4, -0.2) is 76.5 Å². The van der Waals surface area contributed by atoms with Gasteiger partial charge in [0.05, 0.1) is 17.1 Å². The second-order valence-corrected chi connectivity index (χ2v) is 10.2. The molecule has 3 fully saturated rings. The molecule has 4 atom stereocenters. The van der Waals surface area contributed by atoms with E-state index in [0.29, 0.717) is 31.1 Å². The zero-order valence-electron chi connectivity index (χ0n) is 19.9. The van der Waals surface area contributed by atoms with Crippen LogP contribution in [0.2, 0.25) is 0 Å². The van der Waals surface area contributed by atoms with E-state index in [2.05, 4.69) is 46.8 Å². The maximum atomic E-state index is 14.1. The normalized spacial score (nSPS) is 29.2. The minimum absolute atomic E-state index is 0.288. The summed E-state index contributed by atoms with van der Waals surface area (Å²) in [6.45, 7) is 10.1. The third-order valence-corrected chi connectivity index (χ3v) is 7.80. The number of alkyl halides is 1. The summed E-state index contributed by atoms with van der Waals surface area (Å²) in [6.07, 6.45) is 6.24. The number of fused-ring (bicyclic) bond motifs is 3. The van der Waals surface area contributed by atoms with Gasteiger partial charge in [-0.25, -0.2) is 4.39 Å². The molecule has 8 heteroatoms. The molecule has 0 amide bonds. The molecule has 0 aliphatic carbocycles. The Kier molecular flexibility index (Phi) is 5.78. The van der Waals surface area contributed by atoms with Crippen LogP contribution in [0.3, 0.4) is 0 Å². The Morgan fingerprint density at radius 1 is 1.28 bits per heavy atom. The summed E-state index contributed by atoms with van der Waals surface area (Å²) in [6, 6.07) is 1.47. The van der Waals surface area contributed by atoms with Crippen LogP contribution in [0.15, 0.2) is 6.20 Å². The second-order valence-electron chi connectivity index (χ2n) is 10.2. The number of hydrogen-bond acceptors (Lipinski definition) is 6. The van der Waals surface area contributed by atoms with Crippen LogP contribution >= 0.6 is 0 Å². The smallest absolute Gasteiger partial charge is 0.320 e. The predicted molar refractivity (Wildman–Crippen MR) is 125 cm³/mol. The molecule has 2 aromatic rings. The number of aromatic nitrogens is 3. The summed E-state index contributed by atoms with van der Waals surface area (Å²) in [4.78, 5) is 14.5. The fourth-order valence-corrected chi connectivity index (χ4v) is 6.14. The summed E-state index contributed by atoms with van der Waals surface area (Å²) in [5.74, 6) is 0.987. The van der Waals surface area contributed by atoms with E-state index in [4.69, 9.17) is 14.7 Å². The van der Waals surface area contributed by atoms with Crippen LogP contribution in [-0.2, 0) is 6.54 Å². The molecule has 176 valence electrons. The molecular weight excluding hydrogens is 407 g/mol. The van der Waals surface area contributed by atoms with Gasteiger partial charge in [0.15, 0.2) is 0 Å². The summed E-state index contributed by atoms with van der Waals surface area (Å²) in [5.41, 5.74) is 1.85. The van der Waals surface area contributed by atoms with Crippen LogP contribution in [0.1, 0.15) is 51.5 Å². The molecule has 5 heterocycles. The van der Waals surface area contributed by atoms with Crippen molar-refractivity contribution >= 4 is 16.9 Å². The van der Waals surface area contributed by atoms with Gasteiger partial charge in [0.2, 0.25) is 0 Å². The van der Waals surface area contributed by atoms with Crippen molar-refractivity contribution in [1.82, 2.24) is 24.8 Å². The molecule has 3 aliphatic rings. The number of anilines is 1. The van der Waals surface area contributed by atoms with Gasteiger partial charge in [-0.1, -0.05) is 0 Å². The first-order chi connectivity index (χ1) is 15.4. The van der Waals surface area contributed by atoms with Gasteiger partial charge in [0, 0.05) is 37.9 Å². The molecule has 0 radical (unpaired) electrons. The zero-order chi connectivity index (χ0) is 22.5. The van der Waals surface area contributed by atoms with Gasteiger partial charge < -0.3 is 19.5 Å². The first-order valence-corrected chi connectivity index (χ1v) is 12.2. The summed E-state index contributed by atoms with van der Waals surface area (Å²) >= 11 is 0. The largest absolute Gasteiger partial charge is 0.461 e. The Morgan fingerprint density at radius 3 is 2.66 bits per heavy atom. The van der Waals surface area contributed by atoms with Crippen LogP contribution < -0.4 is 15.0 Å². The van der Waals surface area contributed by atoms with Gasteiger partial charge in [0.1, 0.15) is 18.1 Å². The average molecular weight is 445 g/mol. The summed E-state index contributed by atoms with van der Waals surface area (Å²) in [5, 5.41) is 4.84. The number of halogens is 1. The molecule has 3 aliphatic heterocycles. The molecule has 0 spiro atoms. The van der Waals surface area contributed by atoms with Crippen molar-refractivity contribution < 1.29 is 9.13 Å². The van der Waals surface area contributed by atoms with Crippen molar-refractivity contribution in [3.8, 4) is 6.01 Å². The van der Waals surface area contributed by atoms with Crippen molar-refractivity contribution in [2.24, 2.45) is 0 Å². The van der Waals surface area contributed by atoms with E-state index >= 15 is 0 Å². The SMILES string of the molecule is CCn1cc(C)c2c(N3CC4CCC(C3)N4)nc(OC[C@@]3(C[C@H](C)F)CCCN3C)nc21. The monoisotopic (exact) mass is 444 g/mol. The van der Waals surface area contributed by atoms with Crippen LogP contribution in [0.4, 0.5) is 10.2 Å². The van der Waals surface area contributed by atoms with E-state index in [0.717, 1.165) is 55.9 Å². The fourth-order valence-electron chi connectivity index (χ4n) is 6.14. The highest BCUT2D eigenvalue weighted by atomic mass is 19.1. The highest BCUT2D eigenvalue weighted by Gasteiger charge is 2.41. The number of nitrogens with one attached hydrogen (secondary N) is 1. The molecule has 0 aromatic carbocycles. The quantitative estimate of drug-likeness (QED) is 0.707. The van der Waals surface area contributed by atoms with Crippen molar-refractivity contribution in [3.05, 3.63) is 11.8 Å². The summed E-state index contributed by atoms with van der Waals surface area (Å²) in [7, 11) is 2.08. The highest BCUT2D eigenvalue weighted by Crippen LogP contribution is 2.36. The third kappa shape index (κ3) is 3.85. The Morgan fingerprint density at radius 2 is 2.03 bits per heavy atom. The molecule has 2 bridgehead atoms. The van der Waals surface area contributed by atoms with Gasteiger partial charge in [-0.3, -0.25) is 4.90 Å². The Hall–Kier alpha value is -1.93. The van der Waals surface area contributed by atoms with E-state index in [9.17, 15) is 4.39 Å². The minimum Gasteiger partial charge on any atom is -0.461 e. The van der Waals surface area contributed by atoms with Crippen LogP contribution in [0.5, 0.6) is 6.01 Å². The zero-order valence-corrected chi connectivity index (χ0v) is 19.9. The number of ether oxygens (including phenoxy) is 1. The number of aryl methyl sites for hydroxylation is 2. The first-order valence-electron chi connectivity index (χ1n) is 12.2.